The number of morpholine rings is 1. The molecule has 0 saturated carbocycles. The van der Waals surface area contributed by atoms with Crippen molar-refractivity contribution in [1.29, 1.82) is 0 Å². The Morgan fingerprint density at radius 1 is 1.18 bits per heavy atom. The fraction of sp³-hybridized carbons (Fsp3) is 0.360. The second-order valence-corrected chi connectivity index (χ2v) is 11.9. The van der Waals surface area contributed by atoms with E-state index in [4.69, 9.17) is 14.5 Å². The number of carbonyl (C=O) groups excluding carboxylic acids is 2. The summed E-state index contributed by atoms with van der Waals surface area (Å²) in [5.41, 5.74) is 1.28. The molecule has 14 heteroatoms. The molecule has 2 N–H and O–H groups in total. The van der Waals surface area contributed by atoms with Gasteiger partial charge in [0.1, 0.15) is 17.3 Å². The number of pyridine rings is 1. The van der Waals surface area contributed by atoms with Gasteiger partial charge in [-0.2, -0.15) is 0 Å². The molecule has 0 bridgehead atoms. The number of ether oxygens (including phenoxy) is 2. The van der Waals surface area contributed by atoms with Crippen LogP contribution in [0.2, 0.25) is 0 Å². The third-order valence-electron chi connectivity index (χ3n) is 5.91. The Morgan fingerprint density at radius 3 is 2.54 bits per heavy atom. The normalized spacial score (nSPS) is 18.3. The zero-order valence-corrected chi connectivity index (χ0v) is 23.6. The smallest absolute Gasteiger partial charge is 0.256 e. The van der Waals surface area contributed by atoms with Crippen molar-refractivity contribution in [2.45, 2.75) is 32.1 Å². The van der Waals surface area contributed by atoms with Crippen LogP contribution in [0, 0.1) is 0 Å². The maximum absolute atomic E-state index is 13.1. The molecular weight excluding hydrogens is 544 g/mol. The minimum Gasteiger partial charge on any atom is -0.499 e. The zero-order chi connectivity index (χ0) is 28.3. The molecule has 12 nitrogen and oxygen atoms in total. The molecule has 4 rings (SSSR count). The Kier molecular flexibility index (Phi) is 8.37. The molecule has 2 amide bonds. The Labute approximate surface area is 230 Å². The van der Waals surface area contributed by atoms with Crippen molar-refractivity contribution in [3.63, 3.8) is 0 Å². The van der Waals surface area contributed by atoms with Crippen molar-refractivity contribution in [3.8, 4) is 11.4 Å². The first-order valence-electron chi connectivity index (χ1n) is 12.0. The lowest BCUT2D eigenvalue weighted by Gasteiger charge is -2.36. The number of rotatable bonds is 9. The number of nitrogens with zero attached hydrogens (tertiary/aromatic N) is 4. The summed E-state index contributed by atoms with van der Waals surface area (Å²) < 4.78 is 35.2. The molecular formula is C25H30N6O6S2. The zero-order valence-electron chi connectivity index (χ0n) is 21.9. The number of anilines is 2. The Hall–Kier alpha value is -3.75. The summed E-state index contributed by atoms with van der Waals surface area (Å²) in [5, 5.41) is 7.27. The van der Waals surface area contributed by atoms with Crippen LogP contribution >= 0.6 is 11.3 Å². The molecule has 1 saturated heterocycles. The second-order valence-electron chi connectivity index (χ2n) is 9.14. The molecule has 1 aliphatic heterocycles. The molecule has 0 spiro atoms. The van der Waals surface area contributed by atoms with Crippen molar-refractivity contribution in [3.05, 3.63) is 59.9 Å². The molecule has 4 heterocycles. The molecule has 1 fully saturated rings. The maximum Gasteiger partial charge on any atom is 0.256 e. The van der Waals surface area contributed by atoms with E-state index in [0.29, 0.717) is 16.5 Å². The van der Waals surface area contributed by atoms with Gasteiger partial charge in [-0.1, -0.05) is 12.6 Å². The quantitative estimate of drug-likeness (QED) is 0.368. The minimum atomic E-state index is -3.56. The van der Waals surface area contributed by atoms with Gasteiger partial charge in [0.05, 0.1) is 36.8 Å². The van der Waals surface area contributed by atoms with Crippen LogP contribution < -0.4 is 15.5 Å². The van der Waals surface area contributed by atoms with Crippen LogP contribution in [0.1, 0.15) is 24.2 Å². The van der Waals surface area contributed by atoms with Crippen LogP contribution in [-0.2, 0) is 24.3 Å². The second kappa shape index (κ2) is 11.6. The first kappa shape index (κ1) is 28.3. The van der Waals surface area contributed by atoms with Gasteiger partial charge in [0.2, 0.25) is 10.0 Å². The average Bonchev–Trinajstić information content (AvgIpc) is 3.56. The van der Waals surface area contributed by atoms with E-state index in [-0.39, 0.29) is 23.5 Å². The van der Waals surface area contributed by atoms with E-state index in [1.54, 1.807) is 5.38 Å². The molecule has 3 atom stereocenters. The first-order chi connectivity index (χ1) is 18.4. The lowest BCUT2D eigenvalue weighted by atomic mass is 10.2. The van der Waals surface area contributed by atoms with Gasteiger partial charge in [0, 0.05) is 30.9 Å². The number of hydrogen-bond acceptors (Lipinski definition) is 10. The van der Waals surface area contributed by atoms with Gasteiger partial charge in [0.25, 0.3) is 11.8 Å². The standard InChI is InChI=1S/C25H30N6O6S2/c1-15-11-30(12-16(2)37-15)21-8-6-7-19(26-21)20-14-38-25(27-20)29-24(33)22(17(3)36-4)28-23(32)18-9-10-31(13-18)39(5,34)35/h6-10,13-16,22H,3,11-12H2,1-2,4-5H3,(H,28,32)(H,27,29,33)/t15-,16+,22-/m1/s1. The van der Waals surface area contributed by atoms with Gasteiger partial charge in [0.15, 0.2) is 11.2 Å². The number of aromatic nitrogens is 3. The van der Waals surface area contributed by atoms with Crippen LogP contribution in [0.4, 0.5) is 10.9 Å². The molecule has 3 aromatic heterocycles. The van der Waals surface area contributed by atoms with Crippen molar-refractivity contribution < 1.29 is 27.5 Å². The lowest BCUT2D eigenvalue weighted by molar-refractivity contribution is -0.117. The third kappa shape index (κ3) is 6.82. The predicted octanol–water partition coefficient (Wildman–Crippen LogP) is 2.33. The van der Waals surface area contributed by atoms with Gasteiger partial charge >= 0.3 is 0 Å². The summed E-state index contributed by atoms with van der Waals surface area (Å²) >= 11 is 1.20. The van der Waals surface area contributed by atoms with Crippen LogP contribution in [0.5, 0.6) is 0 Å². The van der Waals surface area contributed by atoms with Crippen molar-refractivity contribution in [1.82, 2.24) is 19.3 Å². The largest absolute Gasteiger partial charge is 0.499 e. The van der Waals surface area contributed by atoms with Crippen LogP contribution in [0.15, 0.2) is 54.4 Å². The van der Waals surface area contributed by atoms with Gasteiger partial charge in [-0.25, -0.2) is 18.4 Å². The highest BCUT2D eigenvalue weighted by molar-refractivity contribution is 7.89. The van der Waals surface area contributed by atoms with E-state index in [0.717, 1.165) is 35.3 Å². The Morgan fingerprint density at radius 2 is 1.90 bits per heavy atom. The van der Waals surface area contributed by atoms with Gasteiger partial charge < -0.3 is 19.7 Å². The van der Waals surface area contributed by atoms with E-state index in [9.17, 15) is 18.0 Å². The fourth-order valence-electron chi connectivity index (χ4n) is 4.08. The van der Waals surface area contributed by atoms with Gasteiger partial charge in [-0.05, 0) is 32.0 Å². The summed E-state index contributed by atoms with van der Waals surface area (Å²) in [6.45, 7) is 9.23. The minimum absolute atomic E-state index is 0.0106. The van der Waals surface area contributed by atoms with E-state index in [1.165, 1.54) is 30.7 Å². The molecule has 0 unspecified atom stereocenters. The lowest BCUT2D eigenvalue weighted by Crippen LogP contribution is -2.45. The van der Waals surface area contributed by atoms with Gasteiger partial charge in [-0.15, -0.1) is 11.3 Å². The van der Waals surface area contributed by atoms with E-state index < -0.39 is 27.9 Å². The molecule has 0 radical (unpaired) electrons. The van der Waals surface area contributed by atoms with Crippen LogP contribution in [0.3, 0.4) is 0 Å². The highest BCUT2D eigenvalue weighted by Gasteiger charge is 2.27. The Bertz CT molecular complexity index is 1470. The molecule has 0 aromatic carbocycles. The predicted molar refractivity (Wildman–Crippen MR) is 148 cm³/mol. The van der Waals surface area contributed by atoms with Crippen LogP contribution in [0.25, 0.3) is 11.4 Å². The summed E-state index contributed by atoms with van der Waals surface area (Å²) in [5.74, 6) is -0.500. The van der Waals surface area contributed by atoms with E-state index in [1.807, 2.05) is 32.0 Å². The number of thiazole rings is 1. The maximum atomic E-state index is 13.1. The van der Waals surface area contributed by atoms with E-state index in [2.05, 4.69) is 27.1 Å². The Balaban J connectivity index is 1.46. The number of nitrogens with one attached hydrogen (secondary N) is 2. The summed E-state index contributed by atoms with van der Waals surface area (Å²) in [7, 11) is -2.24. The average molecular weight is 575 g/mol. The third-order valence-corrected chi connectivity index (χ3v) is 7.66. The number of hydrogen-bond donors (Lipinski definition) is 2. The molecule has 208 valence electrons. The van der Waals surface area contributed by atoms with E-state index >= 15 is 0 Å². The number of amides is 2. The first-order valence-corrected chi connectivity index (χ1v) is 14.7. The van der Waals surface area contributed by atoms with Gasteiger partial charge in [-0.3, -0.25) is 18.9 Å². The highest BCUT2D eigenvalue weighted by Crippen LogP contribution is 2.27. The van der Waals surface area contributed by atoms with Crippen LogP contribution in [-0.4, -0.2) is 78.9 Å². The highest BCUT2D eigenvalue weighted by atomic mass is 32.2. The van der Waals surface area contributed by atoms with Crippen molar-refractivity contribution in [2.75, 3.05) is 36.7 Å². The fourth-order valence-corrected chi connectivity index (χ4v) is 5.37. The molecule has 3 aromatic rings. The number of carbonyl (C=O) groups is 2. The van der Waals surface area contributed by atoms with Crippen molar-refractivity contribution in [2.24, 2.45) is 0 Å². The monoisotopic (exact) mass is 574 g/mol. The summed E-state index contributed by atoms with van der Waals surface area (Å²) in [4.78, 5) is 37.2. The molecule has 39 heavy (non-hydrogen) atoms. The molecule has 1 aliphatic rings. The topological polar surface area (TPSA) is 145 Å². The summed E-state index contributed by atoms with van der Waals surface area (Å²) in [6.07, 6.45) is 3.59. The molecule has 0 aliphatic carbocycles. The van der Waals surface area contributed by atoms with Crippen molar-refractivity contribution >= 4 is 44.1 Å². The SMILES string of the molecule is C=C(OC)[C@@H](NC(=O)c1ccn(S(C)(=O)=O)c1)C(=O)Nc1nc(-c2cccc(N3C[C@@H](C)O[C@@H](C)C3)n2)cs1. The summed E-state index contributed by atoms with van der Waals surface area (Å²) in [6, 6.07) is 5.76. The number of methoxy groups -OCH3 is 1.